The molecule has 0 bridgehead atoms. The van der Waals surface area contributed by atoms with E-state index in [0.717, 1.165) is 54.3 Å². The van der Waals surface area contributed by atoms with Gasteiger partial charge in [-0.25, -0.2) is 8.42 Å². The Morgan fingerprint density at radius 2 is 1.53 bits per heavy atom. The molecule has 2 saturated heterocycles. The lowest BCUT2D eigenvalue weighted by Crippen LogP contribution is -2.61. The Morgan fingerprint density at radius 3 is 2.22 bits per heavy atom. The zero-order valence-electron chi connectivity index (χ0n) is 25.1. The van der Waals surface area contributed by atoms with Gasteiger partial charge >= 0.3 is 6.18 Å². The fourth-order valence-electron chi connectivity index (χ4n) is 6.61. The fourth-order valence-corrected chi connectivity index (χ4v) is 8.21. The van der Waals surface area contributed by atoms with Crippen LogP contribution < -0.4 is 10.5 Å². The Hall–Kier alpha value is -3.19. The summed E-state index contributed by atoms with van der Waals surface area (Å²) in [5.41, 5.74) is 5.98. The molecule has 12 heteroatoms. The lowest BCUT2D eigenvalue weighted by molar-refractivity contribution is -0.138. The lowest BCUT2D eigenvalue weighted by Gasteiger charge is -2.42. The Balaban J connectivity index is 1.23. The molecule has 2 aliphatic heterocycles. The Labute approximate surface area is 262 Å². The molecular weight excluding hydrogens is 605 g/mol. The monoisotopic (exact) mass is 644 g/mol. The second kappa shape index (κ2) is 12.9. The van der Waals surface area contributed by atoms with Crippen LogP contribution in [0.2, 0.25) is 0 Å². The highest BCUT2D eigenvalue weighted by Crippen LogP contribution is 2.32. The quantitative estimate of drug-likeness (QED) is 0.389. The van der Waals surface area contributed by atoms with Gasteiger partial charge < -0.3 is 15.4 Å². The molecule has 1 aliphatic carbocycles. The molecule has 3 aromatic carbocycles. The summed E-state index contributed by atoms with van der Waals surface area (Å²) in [5, 5.41) is 1.62. The number of carbonyl (C=O) groups excluding carboxylic acids is 1. The maximum absolute atomic E-state index is 14.2. The van der Waals surface area contributed by atoms with Crippen LogP contribution in [0, 0.1) is 0 Å². The van der Waals surface area contributed by atoms with E-state index in [4.69, 9.17) is 10.5 Å². The summed E-state index contributed by atoms with van der Waals surface area (Å²) in [6.45, 7) is 1.71. The van der Waals surface area contributed by atoms with Crippen LogP contribution in [-0.2, 0) is 27.5 Å². The molecule has 2 heterocycles. The molecule has 1 atom stereocenters. The van der Waals surface area contributed by atoms with Crippen molar-refractivity contribution in [3.05, 3.63) is 71.8 Å². The van der Waals surface area contributed by atoms with Gasteiger partial charge in [-0.2, -0.15) is 17.5 Å². The molecule has 8 nitrogen and oxygen atoms in total. The third-order valence-corrected chi connectivity index (χ3v) is 11.1. The minimum Gasteiger partial charge on any atom is -0.490 e. The molecule has 0 unspecified atom stereocenters. The van der Waals surface area contributed by atoms with E-state index in [0.29, 0.717) is 44.6 Å². The zero-order chi connectivity index (χ0) is 31.8. The van der Waals surface area contributed by atoms with Crippen molar-refractivity contribution in [1.29, 1.82) is 0 Å². The van der Waals surface area contributed by atoms with E-state index in [1.54, 1.807) is 23.1 Å². The van der Waals surface area contributed by atoms with Gasteiger partial charge in [0.25, 0.3) is 0 Å². The van der Waals surface area contributed by atoms with Crippen LogP contribution in [0.1, 0.15) is 49.7 Å². The smallest absolute Gasteiger partial charge is 0.416 e. The number of sulfonamides is 1. The number of benzene rings is 3. The third-order valence-electron chi connectivity index (χ3n) is 9.23. The van der Waals surface area contributed by atoms with E-state index < -0.39 is 27.8 Å². The standard InChI is InChI=1S/C33H39F3N4O4S/c34-33(35,36)26-9-5-23(6-10-26)21-38-17-18-40(31(22-38)32(41)39-15-13-27(37)14-16-39)45(42,43)30-12-8-24-19-29(11-7-25(24)20-30)44-28-3-1-2-4-28/h5-12,19-20,27-28,31H,1-4,13-18,21-22,37H2/t31-/m0/s1. The number of piperidine rings is 1. The highest BCUT2D eigenvalue weighted by atomic mass is 32.2. The van der Waals surface area contributed by atoms with Gasteiger partial charge in [-0.05, 0) is 91.3 Å². The molecular formula is C33H39F3N4O4S. The van der Waals surface area contributed by atoms with E-state index in [-0.39, 0.29) is 36.0 Å². The largest absolute Gasteiger partial charge is 0.490 e. The summed E-state index contributed by atoms with van der Waals surface area (Å²) < 4.78 is 74.9. The minimum atomic E-state index is -4.43. The number of nitrogens with zero attached hydrogens (tertiary/aromatic N) is 3. The van der Waals surface area contributed by atoms with Crippen LogP contribution in [-0.4, -0.2) is 79.3 Å². The van der Waals surface area contributed by atoms with Crippen LogP contribution in [0.15, 0.2) is 65.6 Å². The molecule has 6 rings (SSSR count). The highest BCUT2D eigenvalue weighted by Gasteiger charge is 2.42. The van der Waals surface area contributed by atoms with Crippen molar-refractivity contribution in [2.24, 2.45) is 5.73 Å². The van der Waals surface area contributed by atoms with E-state index in [1.807, 2.05) is 23.1 Å². The van der Waals surface area contributed by atoms with Crippen LogP contribution >= 0.6 is 0 Å². The first-order chi connectivity index (χ1) is 21.5. The minimum absolute atomic E-state index is 0.00177. The fraction of sp³-hybridized carbons (Fsp3) is 0.485. The summed E-state index contributed by atoms with van der Waals surface area (Å²) in [7, 11) is -4.07. The molecule has 1 saturated carbocycles. The Morgan fingerprint density at radius 1 is 0.867 bits per heavy atom. The molecule has 242 valence electrons. The molecule has 45 heavy (non-hydrogen) atoms. The summed E-state index contributed by atoms with van der Waals surface area (Å²) in [6.07, 6.45) is 1.46. The number of ether oxygens (including phenoxy) is 1. The zero-order valence-corrected chi connectivity index (χ0v) is 25.9. The Bertz CT molecular complexity index is 1620. The molecule has 3 aliphatic rings. The molecule has 0 radical (unpaired) electrons. The van der Waals surface area contributed by atoms with Gasteiger partial charge in [0.1, 0.15) is 11.8 Å². The van der Waals surface area contributed by atoms with Gasteiger partial charge in [0, 0.05) is 45.3 Å². The number of likely N-dealkylation sites (tertiary alicyclic amines) is 1. The molecule has 3 aromatic rings. The van der Waals surface area contributed by atoms with Gasteiger partial charge in [0.2, 0.25) is 15.9 Å². The van der Waals surface area contributed by atoms with E-state index in [2.05, 4.69) is 0 Å². The number of rotatable bonds is 7. The van der Waals surface area contributed by atoms with E-state index in [1.165, 1.54) is 16.4 Å². The number of fused-ring (bicyclic) bond motifs is 1. The molecule has 0 spiro atoms. The number of carbonyl (C=O) groups is 1. The van der Waals surface area contributed by atoms with Gasteiger partial charge in [-0.1, -0.05) is 24.3 Å². The normalized spacial score (nSPS) is 21.4. The average Bonchev–Trinajstić information content (AvgIpc) is 3.53. The maximum Gasteiger partial charge on any atom is 0.416 e. The number of hydrogen-bond acceptors (Lipinski definition) is 6. The van der Waals surface area contributed by atoms with Gasteiger partial charge in [0.05, 0.1) is 16.6 Å². The highest BCUT2D eigenvalue weighted by molar-refractivity contribution is 7.89. The van der Waals surface area contributed by atoms with Crippen molar-refractivity contribution >= 4 is 26.7 Å². The van der Waals surface area contributed by atoms with Crippen LogP contribution in [0.3, 0.4) is 0 Å². The van der Waals surface area contributed by atoms with Gasteiger partial charge in [-0.15, -0.1) is 0 Å². The third kappa shape index (κ3) is 7.14. The van der Waals surface area contributed by atoms with Crippen molar-refractivity contribution in [2.75, 3.05) is 32.7 Å². The van der Waals surface area contributed by atoms with E-state index >= 15 is 0 Å². The Kier molecular flexibility index (Phi) is 9.11. The lowest BCUT2D eigenvalue weighted by atomic mass is 10.0. The van der Waals surface area contributed by atoms with Crippen molar-refractivity contribution in [1.82, 2.24) is 14.1 Å². The van der Waals surface area contributed by atoms with Crippen LogP contribution in [0.25, 0.3) is 10.8 Å². The van der Waals surface area contributed by atoms with Gasteiger partial charge in [-0.3, -0.25) is 9.69 Å². The van der Waals surface area contributed by atoms with Crippen molar-refractivity contribution in [3.63, 3.8) is 0 Å². The second-order valence-corrected chi connectivity index (χ2v) is 14.3. The number of nitrogens with two attached hydrogens (primary N) is 1. The first kappa shape index (κ1) is 31.8. The number of piperazine rings is 1. The number of hydrogen-bond donors (Lipinski definition) is 1. The predicted octanol–water partition coefficient (Wildman–Crippen LogP) is 5.00. The number of halogens is 3. The second-order valence-electron chi connectivity index (χ2n) is 12.4. The topological polar surface area (TPSA) is 96.2 Å². The summed E-state index contributed by atoms with van der Waals surface area (Å²) in [6, 6.07) is 14.6. The van der Waals surface area contributed by atoms with E-state index in [9.17, 15) is 26.4 Å². The predicted molar refractivity (Wildman–Crippen MR) is 165 cm³/mol. The number of amides is 1. The summed E-state index contributed by atoms with van der Waals surface area (Å²) >= 11 is 0. The number of alkyl halides is 3. The van der Waals surface area contributed by atoms with Crippen molar-refractivity contribution < 1.29 is 31.1 Å². The first-order valence-corrected chi connectivity index (χ1v) is 17.1. The molecule has 1 amide bonds. The van der Waals surface area contributed by atoms with Gasteiger partial charge in [0.15, 0.2) is 0 Å². The molecule has 3 fully saturated rings. The average molecular weight is 645 g/mol. The van der Waals surface area contributed by atoms with Crippen LogP contribution in [0.4, 0.5) is 13.2 Å². The SMILES string of the molecule is NC1CCN(C(=O)[C@@H]2CN(Cc3ccc(C(F)(F)F)cc3)CCN2S(=O)(=O)c2ccc3cc(OC4CCCC4)ccc3c2)CC1. The maximum atomic E-state index is 14.2. The van der Waals surface area contributed by atoms with Crippen molar-refractivity contribution in [2.45, 2.75) is 74.3 Å². The van der Waals surface area contributed by atoms with Crippen LogP contribution in [0.5, 0.6) is 5.75 Å². The summed E-state index contributed by atoms with van der Waals surface area (Å²) in [4.78, 5) is 17.6. The molecule has 2 N–H and O–H groups in total. The van der Waals surface area contributed by atoms with Crippen molar-refractivity contribution in [3.8, 4) is 5.75 Å². The summed E-state index contributed by atoms with van der Waals surface area (Å²) in [5.74, 6) is 0.484. The molecule has 0 aromatic heterocycles. The first-order valence-electron chi connectivity index (χ1n) is 15.6.